The molecule has 0 amide bonds. The predicted molar refractivity (Wildman–Crippen MR) is 153 cm³/mol. The average molecular weight is 534 g/mol. The molecular formula is C31H33ClNO3P. The summed E-state index contributed by atoms with van der Waals surface area (Å²) in [7, 11) is -3.92. The quantitative estimate of drug-likeness (QED) is 0.142. The number of halogens is 1. The van der Waals surface area contributed by atoms with Crippen LogP contribution in [0.25, 0.3) is 22.4 Å². The van der Waals surface area contributed by atoms with Gasteiger partial charge in [0.05, 0.1) is 5.69 Å². The maximum Gasteiger partial charge on any atom is 0.325 e. The summed E-state index contributed by atoms with van der Waals surface area (Å²) < 4.78 is 11.1. The van der Waals surface area contributed by atoms with E-state index in [1.807, 2.05) is 24.3 Å². The highest BCUT2D eigenvalue weighted by atomic mass is 35.5. The molecule has 0 aliphatic rings. The van der Waals surface area contributed by atoms with Gasteiger partial charge >= 0.3 is 7.60 Å². The van der Waals surface area contributed by atoms with Gasteiger partial charge in [-0.1, -0.05) is 90.8 Å². The van der Waals surface area contributed by atoms with E-state index in [-0.39, 0.29) is 6.16 Å². The van der Waals surface area contributed by atoms with Gasteiger partial charge in [0, 0.05) is 28.0 Å². The van der Waals surface area contributed by atoms with Crippen LogP contribution in [-0.2, 0) is 23.8 Å². The summed E-state index contributed by atoms with van der Waals surface area (Å²) in [5.41, 5.74) is 7.70. The van der Waals surface area contributed by atoms with Crippen LogP contribution < -0.4 is 0 Å². The molecule has 0 fully saturated rings. The predicted octanol–water partition coefficient (Wildman–Crippen LogP) is 8.13. The van der Waals surface area contributed by atoms with Crippen molar-refractivity contribution >= 4 is 19.2 Å². The molecule has 3 aromatic carbocycles. The first-order valence-electron chi connectivity index (χ1n) is 12.8. The van der Waals surface area contributed by atoms with Gasteiger partial charge in [0.15, 0.2) is 0 Å². The molecule has 0 bridgehead atoms. The van der Waals surface area contributed by atoms with E-state index in [0.717, 1.165) is 66.6 Å². The Morgan fingerprint density at radius 1 is 0.676 bits per heavy atom. The SMILES string of the molecule is O=P(O)(O)CCCCCc1ccc(-c2ccc(CCCc3ccccc3)cc2)c(-c2cccc(Cl)c2)n1. The van der Waals surface area contributed by atoms with E-state index < -0.39 is 7.60 Å². The van der Waals surface area contributed by atoms with Gasteiger partial charge in [-0.2, -0.15) is 0 Å². The molecule has 0 saturated heterocycles. The second kappa shape index (κ2) is 13.2. The fraction of sp³-hybridized carbons (Fsp3) is 0.258. The van der Waals surface area contributed by atoms with Gasteiger partial charge in [-0.3, -0.25) is 9.55 Å². The third-order valence-electron chi connectivity index (χ3n) is 6.47. The fourth-order valence-corrected chi connectivity index (χ4v) is 5.35. The lowest BCUT2D eigenvalue weighted by atomic mass is 9.96. The van der Waals surface area contributed by atoms with E-state index >= 15 is 0 Å². The van der Waals surface area contributed by atoms with E-state index in [9.17, 15) is 4.57 Å². The molecular weight excluding hydrogens is 501 g/mol. The van der Waals surface area contributed by atoms with Crippen LogP contribution in [0.5, 0.6) is 0 Å². The lowest BCUT2D eigenvalue weighted by molar-refractivity contribution is 0.371. The van der Waals surface area contributed by atoms with Crippen molar-refractivity contribution in [1.82, 2.24) is 4.98 Å². The van der Waals surface area contributed by atoms with Crippen LogP contribution in [0, 0.1) is 0 Å². The van der Waals surface area contributed by atoms with E-state index in [4.69, 9.17) is 26.4 Å². The number of rotatable bonds is 12. The van der Waals surface area contributed by atoms with Crippen LogP contribution in [0.15, 0.2) is 91.0 Å². The molecule has 0 aliphatic heterocycles. The number of benzene rings is 3. The summed E-state index contributed by atoms with van der Waals surface area (Å²) in [6.07, 6.45) is 6.03. The van der Waals surface area contributed by atoms with Crippen molar-refractivity contribution in [3.05, 3.63) is 113 Å². The van der Waals surface area contributed by atoms with Gasteiger partial charge in [0.1, 0.15) is 0 Å². The van der Waals surface area contributed by atoms with Crippen molar-refractivity contribution in [2.75, 3.05) is 6.16 Å². The number of hydrogen-bond acceptors (Lipinski definition) is 2. The largest absolute Gasteiger partial charge is 0.325 e. The first kappa shape index (κ1) is 27.3. The summed E-state index contributed by atoms with van der Waals surface area (Å²) >= 11 is 6.31. The molecule has 4 aromatic rings. The third kappa shape index (κ3) is 8.66. The number of aromatic nitrogens is 1. The normalized spacial score (nSPS) is 11.5. The van der Waals surface area contributed by atoms with Crippen molar-refractivity contribution in [1.29, 1.82) is 0 Å². The minimum absolute atomic E-state index is 0.0601. The molecule has 192 valence electrons. The summed E-state index contributed by atoms with van der Waals surface area (Å²) in [5, 5.41) is 0.668. The molecule has 0 aliphatic carbocycles. The maximum atomic E-state index is 11.1. The average Bonchev–Trinajstić information content (AvgIpc) is 2.89. The number of pyridine rings is 1. The van der Waals surface area contributed by atoms with Crippen LogP contribution in [0.1, 0.15) is 42.5 Å². The van der Waals surface area contributed by atoms with Gasteiger partial charge in [0.2, 0.25) is 0 Å². The molecule has 6 heteroatoms. The minimum atomic E-state index is -3.92. The molecule has 4 rings (SSSR count). The van der Waals surface area contributed by atoms with E-state index in [0.29, 0.717) is 11.4 Å². The van der Waals surface area contributed by atoms with E-state index in [1.54, 1.807) is 0 Å². The second-order valence-corrected chi connectivity index (χ2v) is 11.7. The van der Waals surface area contributed by atoms with Crippen molar-refractivity contribution in [2.45, 2.75) is 44.9 Å². The summed E-state index contributed by atoms with van der Waals surface area (Å²) in [5.74, 6) is 0. The molecule has 37 heavy (non-hydrogen) atoms. The number of nitrogens with zero attached hydrogens (tertiary/aromatic N) is 1. The number of hydrogen-bond donors (Lipinski definition) is 2. The zero-order valence-electron chi connectivity index (χ0n) is 20.9. The van der Waals surface area contributed by atoms with Gasteiger partial charge in [-0.05, 0) is 73.4 Å². The molecule has 0 radical (unpaired) electrons. The smallest absolute Gasteiger partial charge is 0.324 e. The zero-order valence-corrected chi connectivity index (χ0v) is 22.5. The van der Waals surface area contributed by atoms with Crippen molar-refractivity contribution in [3.8, 4) is 22.4 Å². The van der Waals surface area contributed by atoms with Crippen molar-refractivity contribution in [2.24, 2.45) is 0 Å². The first-order chi connectivity index (χ1) is 17.9. The molecule has 0 spiro atoms. The number of unbranched alkanes of at least 4 members (excludes halogenated alkanes) is 2. The topological polar surface area (TPSA) is 70.4 Å². The van der Waals surface area contributed by atoms with Crippen LogP contribution in [0.4, 0.5) is 0 Å². The fourth-order valence-electron chi connectivity index (χ4n) is 4.52. The Labute approximate surface area is 224 Å². The summed E-state index contributed by atoms with van der Waals surface area (Å²) in [4.78, 5) is 23.1. The molecule has 1 aromatic heterocycles. The van der Waals surface area contributed by atoms with E-state index in [2.05, 4.69) is 66.7 Å². The summed E-state index contributed by atoms with van der Waals surface area (Å²) in [6, 6.07) is 31.3. The standard InChI is InChI=1S/C31H33ClNO3P/c32-28-14-8-13-27(23-28)31-30(21-20-29(33-31)15-5-2-6-22-37(34,35)36)26-18-16-25(17-19-26)12-7-11-24-9-3-1-4-10-24/h1,3-4,8-10,13-14,16-21,23H,2,5-7,11-12,15,22H2,(H2,34,35,36). The van der Waals surface area contributed by atoms with Gasteiger partial charge in [-0.15, -0.1) is 0 Å². The lowest BCUT2D eigenvalue weighted by Gasteiger charge is -2.13. The van der Waals surface area contributed by atoms with Gasteiger partial charge < -0.3 is 9.79 Å². The van der Waals surface area contributed by atoms with E-state index in [1.165, 1.54) is 11.1 Å². The van der Waals surface area contributed by atoms with Crippen molar-refractivity contribution in [3.63, 3.8) is 0 Å². The van der Waals surface area contributed by atoms with Crippen LogP contribution in [-0.4, -0.2) is 20.9 Å². The Kier molecular flexibility index (Phi) is 9.71. The van der Waals surface area contributed by atoms with Crippen LogP contribution >= 0.6 is 19.2 Å². The molecule has 0 atom stereocenters. The minimum Gasteiger partial charge on any atom is -0.324 e. The maximum absolute atomic E-state index is 11.1. The Hall–Kier alpha value is -2.75. The Morgan fingerprint density at radius 2 is 1.41 bits per heavy atom. The van der Waals surface area contributed by atoms with Crippen LogP contribution in [0.3, 0.4) is 0 Å². The van der Waals surface area contributed by atoms with Gasteiger partial charge in [-0.25, -0.2) is 0 Å². The number of aryl methyl sites for hydroxylation is 3. The van der Waals surface area contributed by atoms with Crippen LogP contribution in [0.2, 0.25) is 5.02 Å². The first-order valence-corrected chi connectivity index (χ1v) is 15.0. The molecule has 0 unspecified atom stereocenters. The molecule has 4 nitrogen and oxygen atoms in total. The Bertz CT molecular complexity index is 1340. The summed E-state index contributed by atoms with van der Waals surface area (Å²) in [6.45, 7) is 0. The Balaban J connectivity index is 1.47. The highest BCUT2D eigenvalue weighted by Crippen LogP contribution is 2.36. The zero-order chi connectivity index (χ0) is 26.1. The highest BCUT2D eigenvalue weighted by molar-refractivity contribution is 7.51. The molecule has 2 N–H and O–H groups in total. The van der Waals surface area contributed by atoms with Gasteiger partial charge in [0.25, 0.3) is 0 Å². The third-order valence-corrected chi connectivity index (χ3v) is 7.61. The second-order valence-electron chi connectivity index (χ2n) is 9.44. The lowest BCUT2D eigenvalue weighted by Crippen LogP contribution is -1.97. The highest BCUT2D eigenvalue weighted by Gasteiger charge is 2.13. The monoisotopic (exact) mass is 533 g/mol. The molecule has 1 heterocycles. The molecule has 0 saturated carbocycles. The van der Waals surface area contributed by atoms with Crippen molar-refractivity contribution < 1.29 is 14.4 Å². The Morgan fingerprint density at radius 3 is 2.11 bits per heavy atom.